The first-order valence-electron chi connectivity index (χ1n) is 8.96. The Hall–Kier alpha value is -0.930. The molecule has 1 fully saturated rings. The molecule has 0 amide bonds. The number of aliphatic hydroxyl groups is 1. The van der Waals surface area contributed by atoms with Gasteiger partial charge in [0, 0.05) is 5.57 Å². The van der Waals surface area contributed by atoms with Crippen molar-refractivity contribution < 1.29 is 14.6 Å². The second-order valence-corrected chi connectivity index (χ2v) is 8.37. The summed E-state index contributed by atoms with van der Waals surface area (Å²) in [5.74, 6) is 0.396. The maximum atomic E-state index is 13.0. The highest BCUT2D eigenvalue weighted by molar-refractivity contribution is 6.03. The summed E-state index contributed by atoms with van der Waals surface area (Å²) in [5.41, 5.74) is 2.77. The summed E-state index contributed by atoms with van der Waals surface area (Å²) in [6.07, 6.45) is 5.88. The molecule has 1 N–H and O–H groups in total. The smallest absolute Gasteiger partial charge is 0.193 e. The number of Topliss-reactive ketones (excluding diaryl/α,β-unsaturated/α-hetero) is 1. The fourth-order valence-electron chi connectivity index (χ4n) is 4.48. The van der Waals surface area contributed by atoms with Gasteiger partial charge in [-0.2, -0.15) is 0 Å². The number of epoxide rings is 1. The van der Waals surface area contributed by atoms with Crippen molar-refractivity contribution in [2.45, 2.75) is 84.5 Å². The molecule has 128 valence electrons. The van der Waals surface area contributed by atoms with Crippen molar-refractivity contribution in [3.8, 4) is 0 Å². The molecule has 0 aromatic carbocycles. The van der Waals surface area contributed by atoms with Gasteiger partial charge in [0.15, 0.2) is 5.78 Å². The predicted octanol–water partition coefficient (Wildman–Crippen LogP) is 3.96. The van der Waals surface area contributed by atoms with Gasteiger partial charge in [-0.3, -0.25) is 4.79 Å². The van der Waals surface area contributed by atoms with Crippen LogP contribution in [0.1, 0.15) is 66.7 Å². The van der Waals surface area contributed by atoms with Crippen LogP contribution in [0, 0.1) is 11.3 Å². The number of allylic oxidation sites excluding steroid dienone is 3. The summed E-state index contributed by atoms with van der Waals surface area (Å²) < 4.78 is 5.79. The molecule has 0 radical (unpaired) electrons. The van der Waals surface area contributed by atoms with Crippen molar-refractivity contribution in [1.82, 2.24) is 0 Å². The highest BCUT2D eigenvalue weighted by Crippen LogP contribution is 2.51. The van der Waals surface area contributed by atoms with Crippen molar-refractivity contribution in [2.75, 3.05) is 0 Å². The van der Waals surface area contributed by atoms with Gasteiger partial charge in [-0.05, 0) is 64.2 Å². The van der Waals surface area contributed by atoms with E-state index in [1.54, 1.807) is 0 Å². The first kappa shape index (κ1) is 16.9. The van der Waals surface area contributed by atoms with Crippen LogP contribution in [0.4, 0.5) is 0 Å². The maximum absolute atomic E-state index is 13.0. The molecule has 0 aromatic heterocycles. The molecule has 2 aliphatic carbocycles. The third-order valence-electron chi connectivity index (χ3n) is 6.82. The zero-order valence-corrected chi connectivity index (χ0v) is 15.1. The minimum Gasteiger partial charge on any atom is -0.388 e. The average molecular weight is 318 g/mol. The second-order valence-electron chi connectivity index (χ2n) is 8.37. The highest BCUT2D eigenvalue weighted by Gasteiger charge is 2.58. The molecule has 23 heavy (non-hydrogen) atoms. The van der Waals surface area contributed by atoms with Crippen molar-refractivity contribution in [3.05, 3.63) is 22.8 Å². The van der Waals surface area contributed by atoms with Crippen LogP contribution >= 0.6 is 0 Å². The van der Waals surface area contributed by atoms with Crippen LogP contribution in [0.3, 0.4) is 0 Å². The zero-order valence-electron chi connectivity index (χ0n) is 15.1. The lowest BCUT2D eigenvalue weighted by Gasteiger charge is -2.44. The van der Waals surface area contributed by atoms with Crippen molar-refractivity contribution in [3.63, 3.8) is 0 Å². The molecule has 3 nitrogen and oxygen atoms in total. The summed E-state index contributed by atoms with van der Waals surface area (Å²) in [4.78, 5) is 13.0. The van der Waals surface area contributed by atoms with Gasteiger partial charge < -0.3 is 9.84 Å². The van der Waals surface area contributed by atoms with Crippen LogP contribution < -0.4 is 0 Å². The Morgan fingerprint density at radius 1 is 1.26 bits per heavy atom. The van der Waals surface area contributed by atoms with E-state index < -0.39 is 6.10 Å². The summed E-state index contributed by atoms with van der Waals surface area (Å²) >= 11 is 0. The largest absolute Gasteiger partial charge is 0.388 e. The zero-order chi connectivity index (χ0) is 17.0. The molecule has 1 heterocycles. The van der Waals surface area contributed by atoms with E-state index in [1.807, 2.05) is 6.92 Å². The lowest BCUT2D eigenvalue weighted by atomic mass is 9.61. The number of hydrogen-bond donors (Lipinski definition) is 1. The van der Waals surface area contributed by atoms with Crippen molar-refractivity contribution in [2.24, 2.45) is 11.3 Å². The fraction of sp³-hybridized carbons (Fsp3) is 0.750. The van der Waals surface area contributed by atoms with Gasteiger partial charge >= 0.3 is 0 Å². The molecule has 0 saturated carbocycles. The van der Waals surface area contributed by atoms with Crippen LogP contribution in [-0.4, -0.2) is 28.7 Å². The van der Waals surface area contributed by atoms with Crippen LogP contribution in [-0.2, 0) is 9.53 Å². The molecule has 1 saturated heterocycles. The van der Waals surface area contributed by atoms with Gasteiger partial charge in [0.2, 0.25) is 0 Å². The fourth-order valence-corrected chi connectivity index (χ4v) is 4.48. The Morgan fingerprint density at radius 3 is 2.65 bits per heavy atom. The molecule has 0 unspecified atom stereocenters. The number of aliphatic hydroxyl groups excluding tert-OH is 1. The van der Waals surface area contributed by atoms with E-state index in [4.69, 9.17) is 4.74 Å². The molecule has 1 aliphatic heterocycles. The minimum absolute atomic E-state index is 0.0240. The molecule has 3 rings (SSSR count). The number of hydrogen-bond acceptors (Lipinski definition) is 3. The van der Waals surface area contributed by atoms with E-state index in [0.29, 0.717) is 17.9 Å². The molecule has 2 bridgehead atoms. The van der Waals surface area contributed by atoms with Gasteiger partial charge in [0.05, 0.1) is 6.10 Å². The van der Waals surface area contributed by atoms with E-state index in [0.717, 1.165) is 31.3 Å². The number of carbonyl (C=O) groups is 1. The maximum Gasteiger partial charge on any atom is 0.193 e. The standard InChI is InChI=1S/C20H30O3/c1-12-7-6-9-20(5)18(23-20)17(22)16-14(3)19(4,10-8-12)13(2)11-15(16)21/h7,13,15,18,21H,6,8-11H2,1-5H3/b12-7+/t13-,15+,18-,19-,20-/m1/s1. The van der Waals surface area contributed by atoms with E-state index >= 15 is 0 Å². The summed E-state index contributed by atoms with van der Waals surface area (Å²) in [5, 5.41) is 10.6. The first-order chi connectivity index (χ1) is 10.7. The Morgan fingerprint density at radius 2 is 1.96 bits per heavy atom. The molecule has 5 atom stereocenters. The van der Waals surface area contributed by atoms with Crippen molar-refractivity contribution >= 4 is 5.78 Å². The molecular formula is C20H30O3. The van der Waals surface area contributed by atoms with Gasteiger partial charge in [-0.25, -0.2) is 0 Å². The summed E-state index contributed by atoms with van der Waals surface area (Å²) in [7, 11) is 0. The van der Waals surface area contributed by atoms with Gasteiger partial charge in [0.25, 0.3) is 0 Å². The Bertz CT molecular complexity index is 588. The summed E-state index contributed by atoms with van der Waals surface area (Å²) in [6, 6.07) is 0. The lowest BCUT2D eigenvalue weighted by Crippen LogP contribution is -2.40. The lowest BCUT2D eigenvalue weighted by molar-refractivity contribution is -0.118. The third-order valence-corrected chi connectivity index (χ3v) is 6.82. The van der Waals surface area contributed by atoms with Gasteiger partial charge in [0.1, 0.15) is 11.7 Å². The van der Waals surface area contributed by atoms with Crippen LogP contribution in [0.5, 0.6) is 0 Å². The second kappa shape index (κ2) is 5.56. The third kappa shape index (κ3) is 2.72. The summed E-state index contributed by atoms with van der Waals surface area (Å²) in [6.45, 7) is 10.7. The molecule has 3 heteroatoms. The van der Waals surface area contributed by atoms with Crippen LogP contribution in [0.15, 0.2) is 22.8 Å². The van der Waals surface area contributed by atoms with E-state index in [2.05, 4.69) is 33.8 Å². The number of rotatable bonds is 0. The topological polar surface area (TPSA) is 49.8 Å². The molecule has 3 aliphatic rings. The Balaban J connectivity index is 2.05. The van der Waals surface area contributed by atoms with E-state index in [1.165, 1.54) is 5.57 Å². The normalized spacial score (nSPS) is 47.1. The average Bonchev–Trinajstić information content (AvgIpc) is 3.14. The van der Waals surface area contributed by atoms with Crippen LogP contribution in [0.2, 0.25) is 0 Å². The number of carbonyl (C=O) groups excluding carboxylic acids is 1. The van der Waals surface area contributed by atoms with E-state index in [-0.39, 0.29) is 22.9 Å². The predicted molar refractivity (Wildman–Crippen MR) is 91.1 cm³/mol. The van der Waals surface area contributed by atoms with Crippen LogP contribution in [0.25, 0.3) is 0 Å². The molecular weight excluding hydrogens is 288 g/mol. The highest BCUT2D eigenvalue weighted by atomic mass is 16.6. The number of fused-ring (bicyclic) bond motifs is 2. The Labute approximate surface area is 139 Å². The SMILES string of the molecule is CC1=C2C(=O)[C@H]3O[C@]3(C)CC/C=C(\C)CC[C@]1(C)[C@H](C)C[C@@H]2O. The van der Waals surface area contributed by atoms with Crippen molar-refractivity contribution in [1.29, 1.82) is 0 Å². The van der Waals surface area contributed by atoms with Gasteiger partial charge in [-0.1, -0.05) is 31.1 Å². The molecule has 0 aromatic rings. The Kier molecular flexibility index (Phi) is 4.09. The molecule has 0 spiro atoms. The number of ether oxygens (including phenoxy) is 1. The van der Waals surface area contributed by atoms with E-state index in [9.17, 15) is 9.90 Å². The minimum atomic E-state index is -0.640. The quantitative estimate of drug-likeness (QED) is 0.543. The number of ketones is 1. The monoisotopic (exact) mass is 318 g/mol. The first-order valence-corrected chi connectivity index (χ1v) is 8.96. The van der Waals surface area contributed by atoms with Gasteiger partial charge in [-0.15, -0.1) is 0 Å².